The highest BCUT2D eigenvalue weighted by Gasteiger charge is 2.24. The summed E-state index contributed by atoms with van der Waals surface area (Å²) >= 11 is 0. The number of benzene rings is 1. The fraction of sp³-hybridized carbons (Fsp3) is 0.500. The van der Waals surface area contributed by atoms with E-state index >= 15 is 0 Å². The second-order valence-corrected chi connectivity index (χ2v) is 7.93. The van der Waals surface area contributed by atoms with Gasteiger partial charge in [0.2, 0.25) is 0 Å². The van der Waals surface area contributed by atoms with Crippen molar-refractivity contribution in [3.8, 4) is 0 Å². The normalized spacial score (nSPS) is 22.8. The number of hydrogen-bond donors (Lipinski definition) is 0. The van der Waals surface area contributed by atoms with Gasteiger partial charge in [-0.15, -0.1) is 0 Å². The van der Waals surface area contributed by atoms with Gasteiger partial charge in [-0.2, -0.15) is 0 Å². The molecule has 0 saturated heterocycles. The van der Waals surface area contributed by atoms with Crippen LogP contribution in [0.5, 0.6) is 0 Å². The standard InChI is InChI=1S/C14H16ClFO4S/c1-9-2-4-10(5-3-9)20-14(17)12-8-11(21(15,18)19)6-7-13(12)16/h6-10H,2-5H2,1H3. The zero-order chi connectivity index (χ0) is 15.6. The molecule has 1 aromatic carbocycles. The Labute approximate surface area is 127 Å². The smallest absolute Gasteiger partial charge is 0.341 e. The molecule has 1 aliphatic carbocycles. The fourth-order valence-electron chi connectivity index (χ4n) is 2.37. The summed E-state index contributed by atoms with van der Waals surface area (Å²) < 4.78 is 41.4. The van der Waals surface area contributed by atoms with Crippen molar-refractivity contribution in [2.75, 3.05) is 0 Å². The van der Waals surface area contributed by atoms with Crippen LogP contribution in [-0.4, -0.2) is 20.5 Å². The van der Waals surface area contributed by atoms with Gasteiger partial charge in [0.1, 0.15) is 11.9 Å². The summed E-state index contributed by atoms with van der Waals surface area (Å²) in [6.45, 7) is 2.13. The third kappa shape index (κ3) is 4.17. The summed E-state index contributed by atoms with van der Waals surface area (Å²) in [5.41, 5.74) is -0.407. The van der Waals surface area contributed by atoms with E-state index in [1.54, 1.807) is 0 Å². The molecule has 0 aliphatic heterocycles. The van der Waals surface area contributed by atoms with Gasteiger partial charge in [0.15, 0.2) is 0 Å². The maximum absolute atomic E-state index is 13.7. The average Bonchev–Trinajstić information content (AvgIpc) is 2.40. The minimum Gasteiger partial charge on any atom is -0.459 e. The Kier molecular flexibility index (Phi) is 4.88. The molecule has 4 nitrogen and oxygen atoms in total. The summed E-state index contributed by atoms with van der Waals surface area (Å²) in [4.78, 5) is 11.7. The third-order valence-electron chi connectivity index (χ3n) is 3.68. The largest absolute Gasteiger partial charge is 0.459 e. The maximum Gasteiger partial charge on any atom is 0.341 e. The van der Waals surface area contributed by atoms with Crippen LogP contribution in [0.15, 0.2) is 23.1 Å². The van der Waals surface area contributed by atoms with E-state index in [1.807, 2.05) is 0 Å². The number of carbonyl (C=O) groups excluding carboxylic acids is 1. The van der Waals surface area contributed by atoms with Crippen LogP contribution in [0.3, 0.4) is 0 Å². The van der Waals surface area contributed by atoms with Gasteiger partial charge >= 0.3 is 5.97 Å². The molecular weight excluding hydrogens is 319 g/mol. The summed E-state index contributed by atoms with van der Waals surface area (Å²) in [5, 5.41) is 0. The maximum atomic E-state index is 13.7. The van der Waals surface area contributed by atoms with E-state index < -0.39 is 26.4 Å². The lowest BCUT2D eigenvalue weighted by molar-refractivity contribution is 0.0168. The molecule has 1 aliphatic rings. The first-order valence-electron chi connectivity index (χ1n) is 6.72. The molecule has 0 unspecified atom stereocenters. The molecule has 0 atom stereocenters. The Bertz CT molecular complexity index is 636. The first kappa shape index (κ1) is 16.2. The molecule has 116 valence electrons. The molecule has 2 rings (SSSR count). The van der Waals surface area contributed by atoms with Crippen molar-refractivity contribution in [1.82, 2.24) is 0 Å². The van der Waals surface area contributed by atoms with Gasteiger partial charge in [0.25, 0.3) is 9.05 Å². The van der Waals surface area contributed by atoms with E-state index in [1.165, 1.54) is 0 Å². The number of esters is 1. The number of halogens is 2. The topological polar surface area (TPSA) is 60.4 Å². The Morgan fingerprint density at radius 2 is 1.90 bits per heavy atom. The molecule has 7 heteroatoms. The van der Waals surface area contributed by atoms with Crippen LogP contribution >= 0.6 is 10.7 Å². The monoisotopic (exact) mass is 334 g/mol. The summed E-state index contributed by atoms with van der Waals surface area (Å²) in [6.07, 6.45) is 3.14. The lowest BCUT2D eigenvalue weighted by atomic mass is 9.89. The van der Waals surface area contributed by atoms with Gasteiger partial charge in [-0.3, -0.25) is 0 Å². The fourth-order valence-corrected chi connectivity index (χ4v) is 3.15. The van der Waals surface area contributed by atoms with Crippen LogP contribution in [0.1, 0.15) is 43.0 Å². The van der Waals surface area contributed by atoms with Crippen molar-refractivity contribution in [3.05, 3.63) is 29.6 Å². The molecule has 0 spiro atoms. The third-order valence-corrected chi connectivity index (χ3v) is 5.03. The van der Waals surface area contributed by atoms with E-state index in [4.69, 9.17) is 15.4 Å². The molecule has 0 bridgehead atoms. The van der Waals surface area contributed by atoms with Crippen LogP contribution in [-0.2, 0) is 13.8 Å². The highest BCUT2D eigenvalue weighted by Crippen LogP contribution is 2.27. The van der Waals surface area contributed by atoms with Crippen molar-refractivity contribution in [2.24, 2.45) is 5.92 Å². The second-order valence-electron chi connectivity index (χ2n) is 5.37. The van der Waals surface area contributed by atoms with E-state index in [0.717, 1.165) is 43.9 Å². The average molecular weight is 335 g/mol. The SMILES string of the molecule is CC1CCC(OC(=O)c2cc(S(=O)(=O)Cl)ccc2F)CC1. The highest BCUT2D eigenvalue weighted by atomic mass is 35.7. The molecular formula is C14H16ClFO4S. The van der Waals surface area contributed by atoms with Gasteiger partial charge in [-0.1, -0.05) is 6.92 Å². The molecule has 0 amide bonds. The number of rotatable bonds is 3. The van der Waals surface area contributed by atoms with Crippen LogP contribution in [0, 0.1) is 11.7 Å². The van der Waals surface area contributed by atoms with Crippen LogP contribution in [0.2, 0.25) is 0 Å². The second kappa shape index (κ2) is 6.32. The Hall–Kier alpha value is -1.14. The Morgan fingerprint density at radius 3 is 2.48 bits per heavy atom. The Morgan fingerprint density at radius 1 is 1.29 bits per heavy atom. The van der Waals surface area contributed by atoms with Crippen molar-refractivity contribution < 1.29 is 22.3 Å². The minimum atomic E-state index is -4.02. The zero-order valence-corrected chi connectivity index (χ0v) is 13.1. The van der Waals surface area contributed by atoms with Crippen molar-refractivity contribution in [2.45, 2.75) is 43.6 Å². The van der Waals surface area contributed by atoms with Gasteiger partial charge in [-0.05, 0) is 49.8 Å². The first-order chi connectivity index (χ1) is 9.77. The molecule has 21 heavy (non-hydrogen) atoms. The van der Waals surface area contributed by atoms with Crippen LogP contribution < -0.4 is 0 Å². The molecule has 1 aromatic rings. The number of carbonyl (C=O) groups is 1. The zero-order valence-electron chi connectivity index (χ0n) is 11.5. The number of hydrogen-bond acceptors (Lipinski definition) is 4. The molecule has 0 aromatic heterocycles. The molecule has 0 radical (unpaired) electrons. The van der Waals surface area contributed by atoms with E-state index in [-0.39, 0.29) is 11.0 Å². The summed E-state index contributed by atoms with van der Waals surface area (Å²) in [5.74, 6) is -1.08. The predicted molar refractivity (Wildman–Crippen MR) is 76.3 cm³/mol. The lowest BCUT2D eigenvalue weighted by Gasteiger charge is -2.26. The minimum absolute atomic E-state index is 0.246. The quantitative estimate of drug-likeness (QED) is 0.627. The lowest BCUT2D eigenvalue weighted by Crippen LogP contribution is -2.24. The van der Waals surface area contributed by atoms with Gasteiger partial charge in [0, 0.05) is 10.7 Å². The van der Waals surface area contributed by atoms with E-state index in [0.29, 0.717) is 5.92 Å². The first-order valence-corrected chi connectivity index (χ1v) is 9.03. The van der Waals surface area contributed by atoms with E-state index in [9.17, 15) is 17.6 Å². The van der Waals surface area contributed by atoms with Crippen molar-refractivity contribution in [1.29, 1.82) is 0 Å². The Balaban J connectivity index is 2.15. The summed E-state index contributed by atoms with van der Waals surface area (Å²) in [7, 11) is 1.17. The van der Waals surface area contributed by atoms with Crippen molar-refractivity contribution >= 4 is 25.7 Å². The van der Waals surface area contributed by atoms with Crippen LogP contribution in [0.25, 0.3) is 0 Å². The summed E-state index contributed by atoms with van der Waals surface area (Å²) in [6, 6.07) is 2.82. The highest BCUT2D eigenvalue weighted by molar-refractivity contribution is 8.13. The predicted octanol–water partition coefficient (Wildman–Crippen LogP) is 3.49. The van der Waals surface area contributed by atoms with Gasteiger partial charge in [-0.25, -0.2) is 17.6 Å². The van der Waals surface area contributed by atoms with Crippen molar-refractivity contribution in [3.63, 3.8) is 0 Å². The van der Waals surface area contributed by atoms with Crippen LogP contribution in [0.4, 0.5) is 4.39 Å². The number of ether oxygens (including phenoxy) is 1. The molecule has 0 N–H and O–H groups in total. The van der Waals surface area contributed by atoms with Gasteiger partial charge in [0.05, 0.1) is 10.5 Å². The van der Waals surface area contributed by atoms with E-state index in [2.05, 4.69) is 6.92 Å². The molecule has 1 fully saturated rings. The van der Waals surface area contributed by atoms with Gasteiger partial charge < -0.3 is 4.74 Å². The molecule has 0 heterocycles. The molecule has 1 saturated carbocycles.